The monoisotopic (exact) mass is 425 g/mol. The van der Waals surface area contributed by atoms with Crippen molar-refractivity contribution in [3.8, 4) is 0 Å². The van der Waals surface area contributed by atoms with Crippen LogP contribution in [0.25, 0.3) is 10.2 Å². The highest BCUT2D eigenvalue weighted by molar-refractivity contribution is 7.18. The van der Waals surface area contributed by atoms with Crippen LogP contribution in [0.4, 0.5) is 0 Å². The summed E-state index contributed by atoms with van der Waals surface area (Å²) >= 11 is 1.67. The number of benzene rings is 1. The fraction of sp³-hybridized carbons (Fsp3) is 0.478. The van der Waals surface area contributed by atoms with Crippen molar-refractivity contribution in [1.82, 2.24) is 14.9 Å². The zero-order chi connectivity index (χ0) is 20.5. The van der Waals surface area contributed by atoms with Crippen molar-refractivity contribution < 1.29 is 9.84 Å². The molecule has 30 heavy (non-hydrogen) atoms. The van der Waals surface area contributed by atoms with Gasteiger partial charge in [-0.3, -0.25) is 9.69 Å². The van der Waals surface area contributed by atoms with Crippen molar-refractivity contribution in [2.75, 3.05) is 13.2 Å². The lowest BCUT2D eigenvalue weighted by Gasteiger charge is -2.24. The number of aryl methyl sites for hydroxylation is 2. The van der Waals surface area contributed by atoms with Crippen LogP contribution in [0.2, 0.25) is 0 Å². The second-order valence-corrected chi connectivity index (χ2v) is 9.45. The Morgan fingerprint density at radius 1 is 1.27 bits per heavy atom. The minimum Gasteiger partial charge on any atom is -0.389 e. The van der Waals surface area contributed by atoms with Gasteiger partial charge in [0, 0.05) is 17.5 Å². The third kappa shape index (κ3) is 4.34. The topological polar surface area (TPSA) is 78.5 Å². The van der Waals surface area contributed by atoms with Gasteiger partial charge in [0.2, 0.25) is 0 Å². The van der Waals surface area contributed by atoms with Gasteiger partial charge in [0.25, 0.3) is 5.56 Å². The Hall–Kier alpha value is -2.06. The predicted molar refractivity (Wildman–Crippen MR) is 118 cm³/mol. The molecule has 0 saturated heterocycles. The lowest BCUT2D eigenvalue weighted by molar-refractivity contribution is 0.00666. The maximum absolute atomic E-state index is 12.7. The molecule has 0 bridgehead atoms. The molecule has 3 aromatic rings. The number of rotatable bonds is 9. The zero-order valence-corrected chi connectivity index (χ0v) is 17.8. The third-order valence-electron chi connectivity index (χ3n) is 5.91. The number of aromatic amines is 1. The number of ether oxygens (including phenoxy) is 1. The van der Waals surface area contributed by atoms with E-state index in [0.717, 1.165) is 47.9 Å². The summed E-state index contributed by atoms with van der Waals surface area (Å²) < 4.78 is 5.70. The number of aliphatic hydroxyl groups is 1. The zero-order valence-electron chi connectivity index (χ0n) is 17.0. The Kier molecular flexibility index (Phi) is 5.69. The van der Waals surface area contributed by atoms with E-state index in [0.29, 0.717) is 38.2 Å². The highest BCUT2D eigenvalue weighted by atomic mass is 32.1. The van der Waals surface area contributed by atoms with Crippen LogP contribution in [0.15, 0.2) is 35.1 Å². The molecule has 158 valence electrons. The number of hydrogen-bond donors (Lipinski definition) is 2. The van der Waals surface area contributed by atoms with Crippen LogP contribution in [0, 0.1) is 0 Å². The van der Waals surface area contributed by atoms with E-state index in [2.05, 4.69) is 9.88 Å². The Bertz CT molecular complexity index is 1070. The van der Waals surface area contributed by atoms with Gasteiger partial charge in [-0.25, -0.2) is 4.98 Å². The van der Waals surface area contributed by atoms with E-state index >= 15 is 0 Å². The second kappa shape index (κ2) is 8.59. The van der Waals surface area contributed by atoms with Crippen LogP contribution in [0.5, 0.6) is 0 Å². The fourth-order valence-corrected chi connectivity index (χ4v) is 5.59. The first-order valence-electron chi connectivity index (χ1n) is 10.7. The Morgan fingerprint density at radius 2 is 2.10 bits per heavy atom. The van der Waals surface area contributed by atoms with Crippen LogP contribution in [-0.2, 0) is 30.7 Å². The van der Waals surface area contributed by atoms with Gasteiger partial charge in [0.15, 0.2) is 0 Å². The number of aromatic nitrogens is 2. The summed E-state index contributed by atoms with van der Waals surface area (Å²) in [7, 11) is 0. The first-order valence-corrected chi connectivity index (χ1v) is 11.6. The van der Waals surface area contributed by atoms with Crippen molar-refractivity contribution >= 4 is 21.6 Å². The summed E-state index contributed by atoms with van der Waals surface area (Å²) in [5.74, 6) is 0.691. The molecule has 2 aliphatic rings. The first-order chi connectivity index (χ1) is 14.7. The van der Waals surface area contributed by atoms with Gasteiger partial charge in [-0.15, -0.1) is 11.3 Å². The normalized spacial score (nSPS) is 17.0. The van der Waals surface area contributed by atoms with Crippen molar-refractivity contribution in [2.45, 2.75) is 57.4 Å². The van der Waals surface area contributed by atoms with E-state index in [4.69, 9.17) is 9.72 Å². The van der Waals surface area contributed by atoms with Crippen LogP contribution in [-0.4, -0.2) is 45.3 Å². The molecule has 2 aromatic heterocycles. The Balaban J connectivity index is 1.23. The summed E-state index contributed by atoms with van der Waals surface area (Å²) in [5, 5.41) is 11.3. The lowest BCUT2D eigenvalue weighted by atomic mass is 10.2. The second-order valence-electron chi connectivity index (χ2n) is 8.37. The van der Waals surface area contributed by atoms with E-state index in [9.17, 15) is 9.90 Å². The highest BCUT2D eigenvalue weighted by Gasteiger charge is 2.31. The molecular formula is C23H27N3O3S. The molecule has 1 atom stereocenters. The summed E-state index contributed by atoms with van der Waals surface area (Å²) in [6.07, 6.45) is 4.86. The van der Waals surface area contributed by atoms with Gasteiger partial charge in [0.05, 0.1) is 31.2 Å². The Morgan fingerprint density at radius 3 is 2.90 bits per heavy atom. The molecule has 0 spiro atoms. The average molecular weight is 426 g/mol. The maximum Gasteiger partial charge on any atom is 0.259 e. The number of H-pyrrole nitrogens is 1. The van der Waals surface area contributed by atoms with E-state index in [1.807, 2.05) is 30.3 Å². The number of nitrogens with zero attached hydrogens (tertiary/aromatic N) is 2. The smallest absolute Gasteiger partial charge is 0.259 e. The van der Waals surface area contributed by atoms with Gasteiger partial charge in [-0.2, -0.15) is 0 Å². The molecule has 1 aromatic carbocycles. The van der Waals surface area contributed by atoms with E-state index in [-0.39, 0.29) is 5.56 Å². The fourth-order valence-electron chi connectivity index (χ4n) is 4.31. The lowest BCUT2D eigenvalue weighted by Crippen LogP contribution is -2.37. The number of hydrogen-bond acceptors (Lipinski definition) is 6. The molecule has 5 rings (SSSR count). The van der Waals surface area contributed by atoms with E-state index in [1.54, 1.807) is 11.3 Å². The first kappa shape index (κ1) is 19.9. The van der Waals surface area contributed by atoms with Crippen molar-refractivity contribution in [3.05, 3.63) is 62.5 Å². The van der Waals surface area contributed by atoms with Gasteiger partial charge in [-0.05, 0) is 43.2 Å². The van der Waals surface area contributed by atoms with Crippen LogP contribution >= 0.6 is 11.3 Å². The third-order valence-corrected chi connectivity index (χ3v) is 7.09. The van der Waals surface area contributed by atoms with Crippen molar-refractivity contribution in [2.24, 2.45) is 0 Å². The van der Waals surface area contributed by atoms with Gasteiger partial charge < -0.3 is 14.8 Å². The summed E-state index contributed by atoms with van der Waals surface area (Å²) in [6.45, 7) is 1.85. The molecule has 2 N–H and O–H groups in total. The van der Waals surface area contributed by atoms with Gasteiger partial charge in [0.1, 0.15) is 10.7 Å². The maximum atomic E-state index is 12.7. The van der Waals surface area contributed by atoms with E-state index in [1.165, 1.54) is 10.4 Å². The number of thiophene rings is 1. The Labute approximate surface area is 179 Å². The van der Waals surface area contributed by atoms with Crippen molar-refractivity contribution in [3.63, 3.8) is 0 Å². The SMILES string of the molecule is O=c1[nH]c(CN(CC(O)COCc2ccccc2)C2CC2)nc2sc3c(c12)CCC3. The van der Waals surface area contributed by atoms with Gasteiger partial charge in [-0.1, -0.05) is 30.3 Å². The van der Waals surface area contributed by atoms with Gasteiger partial charge >= 0.3 is 0 Å². The standard InChI is InChI=1S/C23H27N3O3S/c27-17(14-29-13-15-5-2-1-3-6-15)11-26(16-9-10-16)12-20-24-22(28)21-18-7-4-8-19(18)30-23(21)25-20/h1-3,5-6,16-17,27H,4,7-14H2,(H,24,25,28). The molecule has 7 heteroatoms. The average Bonchev–Trinajstić information content (AvgIpc) is 3.38. The van der Waals surface area contributed by atoms with Crippen LogP contribution in [0.3, 0.4) is 0 Å². The number of aliphatic hydroxyl groups excluding tert-OH is 1. The molecule has 2 heterocycles. The molecule has 0 amide bonds. The molecule has 1 saturated carbocycles. The number of fused-ring (bicyclic) bond motifs is 3. The van der Waals surface area contributed by atoms with E-state index < -0.39 is 6.10 Å². The molecule has 6 nitrogen and oxygen atoms in total. The highest BCUT2D eigenvalue weighted by Crippen LogP contribution is 2.35. The quantitative estimate of drug-likeness (QED) is 0.551. The minimum absolute atomic E-state index is 0.0168. The number of nitrogens with one attached hydrogen (secondary N) is 1. The van der Waals surface area contributed by atoms with Crippen LogP contribution in [0.1, 0.15) is 41.1 Å². The molecular weight excluding hydrogens is 398 g/mol. The molecule has 1 fully saturated rings. The molecule has 0 radical (unpaired) electrons. The summed E-state index contributed by atoms with van der Waals surface area (Å²) in [4.78, 5) is 24.9. The molecule has 1 unspecified atom stereocenters. The van der Waals surface area contributed by atoms with Crippen LogP contribution < -0.4 is 5.56 Å². The minimum atomic E-state index is -0.574. The van der Waals surface area contributed by atoms with Crippen molar-refractivity contribution in [1.29, 1.82) is 0 Å². The summed E-state index contributed by atoms with van der Waals surface area (Å²) in [5.41, 5.74) is 2.29. The molecule has 0 aliphatic heterocycles. The summed E-state index contributed by atoms with van der Waals surface area (Å²) in [6, 6.07) is 10.4. The largest absolute Gasteiger partial charge is 0.389 e. The molecule has 2 aliphatic carbocycles. The predicted octanol–water partition coefficient (Wildman–Crippen LogP) is 3.02.